The molecule has 6 rings (SSSR count). The lowest BCUT2D eigenvalue weighted by Crippen LogP contribution is -2.24. The van der Waals surface area contributed by atoms with E-state index < -0.39 is 0 Å². The number of rotatable bonds is 0. The number of hydrogen-bond donors (Lipinski definition) is 1. The Hall–Kier alpha value is -3.60. The molecule has 0 saturated carbocycles. The molecule has 1 aliphatic rings. The lowest BCUT2D eigenvalue weighted by molar-refractivity contribution is 0.0694. The quantitative estimate of drug-likeness (QED) is 0.424. The Morgan fingerprint density at radius 1 is 0.778 bits per heavy atom. The van der Waals surface area contributed by atoms with Crippen molar-refractivity contribution in [3.8, 4) is 0 Å². The zero-order valence-corrected chi connectivity index (χ0v) is 14.8. The van der Waals surface area contributed by atoms with Gasteiger partial charge < -0.3 is 9.55 Å². The summed E-state index contributed by atoms with van der Waals surface area (Å²) in [5, 5.41) is 3.64. The number of nitrogens with one attached hydrogen (secondary N) is 1. The number of hydrogen-bond acceptors (Lipinski definition) is 2. The number of carbonyl (C=O) groups excluding carboxylic acids is 2. The monoisotopic (exact) mass is 353 g/mol. The molecular formula is C22H15N3O2. The van der Waals surface area contributed by atoms with Crippen LogP contribution in [0, 0.1) is 0 Å². The fraction of sp³-hybridized carbons (Fsp3) is 0.0909. The van der Waals surface area contributed by atoms with Crippen LogP contribution in [0.3, 0.4) is 0 Å². The van der Waals surface area contributed by atoms with Gasteiger partial charge >= 0.3 is 0 Å². The third-order valence-electron chi connectivity index (χ3n) is 5.84. The largest absolute Gasteiger partial charge is 0.353 e. The zero-order valence-electron chi connectivity index (χ0n) is 14.8. The van der Waals surface area contributed by atoms with E-state index in [9.17, 15) is 9.59 Å². The predicted octanol–water partition coefficient (Wildman–Crippen LogP) is 4.19. The molecule has 5 heteroatoms. The number of H-pyrrole nitrogens is 1. The van der Waals surface area contributed by atoms with Gasteiger partial charge in [-0.1, -0.05) is 36.4 Å². The molecule has 0 spiro atoms. The first-order valence-corrected chi connectivity index (χ1v) is 8.85. The van der Waals surface area contributed by atoms with Gasteiger partial charge in [-0.2, -0.15) is 0 Å². The van der Waals surface area contributed by atoms with Gasteiger partial charge in [0.05, 0.1) is 22.2 Å². The molecule has 27 heavy (non-hydrogen) atoms. The van der Waals surface area contributed by atoms with Crippen LogP contribution in [-0.2, 0) is 7.05 Å². The van der Waals surface area contributed by atoms with Crippen LogP contribution in [0.2, 0.25) is 0 Å². The Labute approximate surface area is 153 Å². The Balaban J connectivity index is 2.05. The van der Waals surface area contributed by atoms with Crippen LogP contribution >= 0.6 is 0 Å². The average molecular weight is 353 g/mol. The van der Waals surface area contributed by atoms with Gasteiger partial charge in [-0.25, -0.2) is 0 Å². The van der Waals surface area contributed by atoms with E-state index in [1.54, 1.807) is 7.05 Å². The van der Waals surface area contributed by atoms with Gasteiger partial charge in [-0.3, -0.25) is 14.5 Å². The van der Waals surface area contributed by atoms with E-state index >= 15 is 0 Å². The van der Waals surface area contributed by atoms with Crippen molar-refractivity contribution < 1.29 is 9.59 Å². The molecule has 0 atom stereocenters. The normalized spacial score (nSPS) is 14.4. The highest BCUT2D eigenvalue weighted by molar-refractivity contribution is 6.39. The van der Waals surface area contributed by atoms with Gasteiger partial charge in [-0.05, 0) is 12.1 Å². The number of aromatic amines is 1. The van der Waals surface area contributed by atoms with E-state index in [4.69, 9.17) is 0 Å². The highest BCUT2D eigenvalue weighted by atomic mass is 16.2. The summed E-state index contributed by atoms with van der Waals surface area (Å²) in [5.74, 6) is -0.469. The van der Waals surface area contributed by atoms with E-state index in [2.05, 4.69) is 9.55 Å². The lowest BCUT2D eigenvalue weighted by Gasteiger charge is -2.04. The molecule has 0 aliphatic carbocycles. The number of fused-ring (bicyclic) bond motifs is 10. The first-order valence-electron chi connectivity index (χ1n) is 8.85. The number of para-hydroxylation sites is 2. The number of nitrogens with zero attached hydrogens (tertiary/aromatic N) is 2. The second-order valence-corrected chi connectivity index (χ2v) is 7.14. The van der Waals surface area contributed by atoms with Crippen molar-refractivity contribution in [2.45, 2.75) is 0 Å². The van der Waals surface area contributed by atoms with Crippen molar-refractivity contribution in [3.63, 3.8) is 0 Å². The summed E-state index contributed by atoms with van der Waals surface area (Å²) in [6.45, 7) is 0. The Morgan fingerprint density at radius 3 is 2.19 bits per heavy atom. The van der Waals surface area contributed by atoms with Crippen molar-refractivity contribution in [1.82, 2.24) is 14.5 Å². The van der Waals surface area contributed by atoms with Gasteiger partial charge in [0, 0.05) is 46.7 Å². The van der Waals surface area contributed by atoms with Crippen LogP contribution in [0.5, 0.6) is 0 Å². The molecule has 5 nitrogen and oxygen atoms in total. The van der Waals surface area contributed by atoms with Crippen LogP contribution < -0.4 is 0 Å². The van der Waals surface area contributed by atoms with E-state index in [0.717, 1.165) is 43.6 Å². The van der Waals surface area contributed by atoms with Crippen molar-refractivity contribution in [1.29, 1.82) is 0 Å². The number of imide groups is 1. The summed E-state index contributed by atoms with van der Waals surface area (Å²) in [6, 6.07) is 15.9. The minimum Gasteiger partial charge on any atom is -0.353 e. The van der Waals surface area contributed by atoms with Crippen molar-refractivity contribution in [2.75, 3.05) is 7.05 Å². The first-order chi connectivity index (χ1) is 13.1. The first kappa shape index (κ1) is 14.6. The molecule has 5 aromatic rings. The number of aryl methyl sites for hydroxylation is 1. The van der Waals surface area contributed by atoms with Gasteiger partial charge in [0.2, 0.25) is 0 Å². The van der Waals surface area contributed by atoms with Crippen LogP contribution in [0.15, 0.2) is 48.5 Å². The molecule has 0 saturated heterocycles. The van der Waals surface area contributed by atoms with Gasteiger partial charge in [-0.15, -0.1) is 0 Å². The summed E-state index contributed by atoms with van der Waals surface area (Å²) >= 11 is 0. The lowest BCUT2D eigenvalue weighted by atomic mass is 9.97. The van der Waals surface area contributed by atoms with Crippen molar-refractivity contribution >= 4 is 55.4 Å². The molecule has 1 N–H and O–H groups in total. The smallest absolute Gasteiger partial charge is 0.262 e. The minimum absolute atomic E-state index is 0.233. The van der Waals surface area contributed by atoms with Crippen LogP contribution in [0.25, 0.3) is 43.6 Å². The molecule has 3 aromatic carbocycles. The van der Waals surface area contributed by atoms with E-state index in [0.29, 0.717) is 11.1 Å². The number of aromatic nitrogens is 2. The molecule has 2 amide bonds. The topological polar surface area (TPSA) is 58.1 Å². The van der Waals surface area contributed by atoms with E-state index in [1.165, 1.54) is 4.90 Å². The molecule has 0 bridgehead atoms. The fourth-order valence-corrected chi connectivity index (χ4v) is 4.62. The van der Waals surface area contributed by atoms with E-state index in [-0.39, 0.29) is 11.8 Å². The number of carbonyl (C=O) groups is 2. The van der Waals surface area contributed by atoms with Gasteiger partial charge in [0.25, 0.3) is 11.8 Å². The highest BCUT2D eigenvalue weighted by Gasteiger charge is 2.39. The SMILES string of the molecule is CN1C(=O)c2c(c3c4ccccc4n(C)c3c3[nH]c4ccccc4c23)C1=O. The predicted molar refractivity (Wildman–Crippen MR) is 106 cm³/mol. The Kier molecular flexibility index (Phi) is 2.46. The second kappa shape index (κ2) is 4.57. The maximum atomic E-state index is 13.1. The Bertz CT molecular complexity index is 1490. The van der Waals surface area contributed by atoms with Crippen LogP contribution in [-0.4, -0.2) is 33.3 Å². The molecule has 0 fully saturated rings. The molecule has 3 heterocycles. The molecule has 130 valence electrons. The maximum absolute atomic E-state index is 13.1. The van der Waals surface area contributed by atoms with Crippen molar-refractivity contribution in [3.05, 3.63) is 59.7 Å². The summed E-state index contributed by atoms with van der Waals surface area (Å²) < 4.78 is 2.11. The van der Waals surface area contributed by atoms with Crippen LogP contribution in [0.4, 0.5) is 0 Å². The number of benzene rings is 3. The summed E-state index contributed by atoms with van der Waals surface area (Å²) in [7, 11) is 3.56. The standard InChI is InChI=1S/C22H15N3O2/c1-24-14-10-6-4-8-12(14)16-18-17(21(26)25(2)22(18)27)15-11-7-3-5-9-13(11)23-19(15)20(16)24/h3-10,23H,1-2H3. The number of amides is 2. The Morgan fingerprint density at radius 2 is 1.41 bits per heavy atom. The third kappa shape index (κ3) is 1.52. The second-order valence-electron chi connectivity index (χ2n) is 7.14. The minimum atomic E-state index is -0.236. The highest BCUT2D eigenvalue weighted by Crippen LogP contribution is 2.44. The average Bonchev–Trinajstić information content (AvgIpc) is 3.28. The van der Waals surface area contributed by atoms with Gasteiger partial charge in [0.1, 0.15) is 0 Å². The molecule has 0 unspecified atom stereocenters. The van der Waals surface area contributed by atoms with Crippen molar-refractivity contribution in [2.24, 2.45) is 7.05 Å². The zero-order chi connectivity index (χ0) is 18.4. The van der Waals surface area contributed by atoms with E-state index in [1.807, 2.05) is 55.6 Å². The third-order valence-corrected chi connectivity index (χ3v) is 5.84. The molecule has 1 aliphatic heterocycles. The fourth-order valence-electron chi connectivity index (χ4n) is 4.62. The summed E-state index contributed by atoms with van der Waals surface area (Å²) in [5.41, 5.74) is 4.89. The van der Waals surface area contributed by atoms with Gasteiger partial charge in [0.15, 0.2) is 0 Å². The molecular weight excluding hydrogens is 338 g/mol. The summed E-state index contributed by atoms with van der Waals surface area (Å²) in [6.07, 6.45) is 0. The maximum Gasteiger partial charge on any atom is 0.262 e. The molecule has 2 aromatic heterocycles. The molecule has 0 radical (unpaired) electrons. The summed E-state index contributed by atoms with van der Waals surface area (Å²) in [4.78, 5) is 30.8. The van der Waals surface area contributed by atoms with Crippen LogP contribution in [0.1, 0.15) is 20.7 Å².